The van der Waals surface area contributed by atoms with Gasteiger partial charge >= 0.3 is 0 Å². The number of imidazole rings is 1. The zero-order valence-corrected chi connectivity index (χ0v) is 10.3. The Bertz CT molecular complexity index is 449. The first-order valence-electron chi connectivity index (χ1n) is 5.99. The van der Waals surface area contributed by atoms with E-state index in [0.717, 1.165) is 18.9 Å². The highest BCUT2D eigenvalue weighted by Gasteiger charge is 2.08. The summed E-state index contributed by atoms with van der Waals surface area (Å²) in [7, 11) is 0. The first kappa shape index (κ1) is 11.6. The van der Waals surface area contributed by atoms with Crippen molar-refractivity contribution in [3.63, 3.8) is 0 Å². The quantitative estimate of drug-likeness (QED) is 0.858. The third-order valence-corrected chi connectivity index (χ3v) is 2.71. The van der Waals surface area contributed by atoms with Gasteiger partial charge in [-0.05, 0) is 25.0 Å². The van der Waals surface area contributed by atoms with Crippen LogP contribution >= 0.6 is 0 Å². The number of hydrogen-bond acceptors (Lipinski definition) is 3. The van der Waals surface area contributed by atoms with Crippen LogP contribution in [0.1, 0.15) is 31.9 Å². The van der Waals surface area contributed by atoms with Crippen LogP contribution < -0.4 is 5.32 Å². The molecule has 1 unspecified atom stereocenters. The summed E-state index contributed by atoms with van der Waals surface area (Å²) >= 11 is 0. The molecule has 17 heavy (non-hydrogen) atoms. The van der Waals surface area contributed by atoms with Crippen molar-refractivity contribution >= 4 is 5.95 Å². The predicted molar refractivity (Wildman–Crippen MR) is 68.8 cm³/mol. The van der Waals surface area contributed by atoms with Crippen molar-refractivity contribution in [2.45, 2.75) is 32.9 Å². The van der Waals surface area contributed by atoms with Crippen LogP contribution in [0.4, 0.5) is 5.95 Å². The van der Waals surface area contributed by atoms with Crippen molar-refractivity contribution in [1.29, 1.82) is 0 Å². The Hall–Kier alpha value is -1.84. The minimum atomic E-state index is 0.210. The number of rotatable bonds is 5. The number of nitrogens with zero attached hydrogens (tertiary/aromatic N) is 3. The maximum atomic E-state index is 4.33. The summed E-state index contributed by atoms with van der Waals surface area (Å²) in [6, 6.07) is 4.23. The fourth-order valence-electron chi connectivity index (χ4n) is 1.78. The number of anilines is 1. The Kier molecular flexibility index (Phi) is 3.75. The molecule has 0 spiro atoms. The first-order chi connectivity index (χ1) is 8.31. The molecule has 0 saturated carbocycles. The Balaban J connectivity index is 2.08. The van der Waals surface area contributed by atoms with E-state index in [1.807, 2.05) is 24.7 Å². The van der Waals surface area contributed by atoms with Crippen molar-refractivity contribution in [3.05, 3.63) is 42.5 Å². The molecule has 0 aliphatic rings. The van der Waals surface area contributed by atoms with Gasteiger partial charge in [-0.2, -0.15) is 0 Å². The molecule has 2 rings (SSSR count). The molecule has 0 fully saturated rings. The summed E-state index contributed by atoms with van der Waals surface area (Å²) < 4.78 is 2.13. The van der Waals surface area contributed by atoms with Gasteiger partial charge in [-0.25, -0.2) is 4.98 Å². The van der Waals surface area contributed by atoms with E-state index >= 15 is 0 Å². The van der Waals surface area contributed by atoms with Crippen LogP contribution in [0.5, 0.6) is 0 Å². The Morgan fingerprint density at radius 2 is 2.29 bits per heavy atom. The zero-order valence-electron chi connectivity index (χ0n) is 10.3. The summed E-state index contributed by atoms with van der Waals surface area (Å²) in [5, 5.41) is 3.40. The highest BCUT2D eigenvalue weighted by molar-refractivity contribution is 5.31. The van der Waals surface area contributed by atoms with Gasteiger partial charge in [0.15, 0.2) is 0 Å². The van der Waals surface area contributed by atoms with Gasteiger partial charge in [0.1, 0.15) is 0 Å². The molecule has 1 atom stereocenters. The van der Waals surface area contributed by atoms with Crippen molar-refractivity contribution in [3.8, 4) is 0 Å². The largest absolute Gasteiger partial charge is 0.349 e. The van der Waals surface area contributed by atoms with Crippen molar-refractivity contribution in [2.24, 2.45) is 0 Å². The molecule has 0 aliphatic heterocycles. The Labute approximate surface area is 102 Å². The van der Waals surface area contributed by atoms with Crippen LogP contribution in [-0.4, -0.2) is 14.5 Å². The van der Waals surface area contributed by atoms with Gasteiger partial charge < -0.3 is 9.88 Å². The summed E-state index contributed by atoms with van der Waals surface area (Å²) in [6.07, 6.45) is 8.60. The molecular weight excluding hydrogens is 212 g/mol. The SMILES string of the molecule is CCCn1ccnc1NC(C)c1cccnc1. The first-order valence-corrected chi connectivity index (χ1v) is 5.99. The Morgan fingerprint density at radius 3 is 3.00 bits per heavy atom. The third kappa shape index (κ3) is 2.84. The molecule has 1 N–H and O–H groups in total. The molecule has 0 saturated heterocycles. The second-order valence-electron chi connectivity index (χ2n) is 4.10. The highest BCUT2D eigenvalue weighted by atomic mass is 15.2. The van der Waals surface area contributed by atoms with E-state index in [9.17, 15) is 0 Å². The number of aromatic nitrogens is 3. The van der Waals surface area contributed by atoms with Gasteiger partial charge in [0, 0.05) is 31.3 Å². The molecule has 4 nitrogen and oxygen atoms in total. The lowest BCUT2D eigenvalue weighted by Gasteiger charge is -2.15. The van der Waals surface area contributed by atoms with Crippen LogP contribution in [0.25, 0.3) is 0 Å². The number of hydrogen-bond donors (Lipinski definition) is 1. The van der Waals surface area contributed by atoms with Crippen LogP contribution in [-0.2, 0) is 6.54 Å². The third-order valence-electron chi connectivity index (χ3n) is 2.71. The van der Waals surface area contributed by atoms with Crippen LogP contribution in [0.2, 0.25) is 0 Å². The number of nitrogens with one attached hydrogen (secondary N) is 1. The average Bonchev–Trinajstić information content (AvgIpc) is 2.78. The standard InChI is InChI=1S/C13H18N4/c1-3-8-17-9-7-15-13(17)16-11(2)12-5-4-6-14-10-12/h4-7,9-11H,3,8H2,1-2H3,(H,15,16). The monoisotopic (exact) mass is 230 g/mol. The smallest absolute Gasteiger partial charge is 0.203 e. The minimum Gasteiger partial charge on any atom is -0.349 e. The topological polar surface area (TPSA) is 42.7 Å². The van der Waals surface area contributed by atoms with Crippen molar-refractivity contribution in [1.82, 2.24) is 14.5 Å². The molecule has 90 valence electrons. The normalized spacial score (nSPS) is 12.4. The van der Waals surface area contributed by atoms with E-state index < -0.39 is 0 Å². The van der Waals surface area contributed by atoms with Crippen LogP contribution in [0.15, 0.2) is 36.9 Å². The van der Waals surface area contributed by atoms with Crippen LogP contribution in [0.3, 0.4) is 0 Å². The minimum absolute atomic E-state index is 0.210. The van der Waals surface area contributed by atoms with Gasteiger partial charge in [0.2, 0.25) is 5.95 Å². The number of aryl methyl sites for hydroxylation is 1. The summed E-state index contributed by atoms with van der Waals surface area (Å²) in [5.41, 5.74) is 1.17. The summed E-state index contributed by atoms with van der Waals surface area (Å²) in [6.45, 7) is 5.26. The van der Waals surface area contributed by atoms with E-state index in [-0.39, 0.29) is 6.04 Å². The fourth-order valence-corrected chi connectivity index (χ4v) is 1.78. The van der Waals surface area contributed by atoms with E-state index in [0.29, 0.717) is 0 Å². The molecule has 0 aromatic carbocycles. The van der Waals surface area contributed by atoms with Gasteiger partial charge in [0.05, 0.1) is 6.04 Å². The van der Waals surface area contributed by atoms with E-state index in [4.69, 9.17) is 0 Å². The van der Waals surface area contributed by atoms with Crippen molar-refractivity contribution < 1.29 is 0 Å². The second-order valence-corrected chi connectivity index (χ2v) is 4.10. The molecule has 0 radical (unpaired) electrons. The predicted octanol–water partition coefficient (Wildman–Crippen LogP) is 2.86. The molecule has 0 amide bonds. The van der Waals surface area contributed by atoms with E-state index in [2.05, 4.69) is 39.8 Å². The molecule has 0 bridgehead atoms. The zero-order chi connectivity index (χ0) is 12.1. The molecule has 4 heteroatoms. The van der Waals surface area contributed by atoms with E-state index in [1.165, 1.54) is 5.56 Å². The summed E-state index contributed by atoms with van der Waals surface area (Å²) in [5.74, 6) is 0.920. The molecule has 2 heterocycles. The molecule has 0 aliphatic carbocycles. The van der Waals surface area contributed by atoms with Gasteiger partial charge in [-0.15, -0.1) is 0 Å². The lowest BCUT2D eigenvalue weighted by Crippen LogP contribution is -2.11. The Morgan fingerprint density at radius 1 is 1.41 bits per heavy atom. The molecule has 2 aromatic heterocycles. The van der Waals surface area contributed by atoms with E-state index in [1.54, 1.807) is 6.20 Å². The fraction of sp³-hybridized carbons (Fsp3) is 0.385. The lowest BCUT2D eigenvalue weighted by atomic mass is 10.1. The van der Waals surface area contributed by atoms with Crippen LogP contribution in [0, 0.1) is 0 Å². The summed E-state index contributed by atoms with van der Waals surface area (Å²) in [4.78, 5) is 8.46. The molecule has 2 aromatic rings. The average molecular weight is 230 g/mol. The highest BCUT2D eigenvalue weighted by Crippen LogP contribution is 2.17. The van der Waals surface area contributed by atoms with Gasteiger partial charge in [-0.1, -0.05) is 13.0 Å². The van der Waals surface area contributed by atoms with Gasteiger partial charge in [0.25, 0.3) is 0 Å². The lowest BCUT2D eigenvalue weighted by molar-refractivity contribution is 0.674. The van der Waals surface area contributed by atoms with Crippen molar-refractivity contribution in [2.75, 3.05) is 5.32 Å². The van der Waals surface area contributed by atoms with Gasteiger partial charge in [-0.3, -0.25) is 4.98 Å². The maximum Gasteiger partial charge on any atom is 0.203 e. The second kappa shape index (κ2) is 5.48. The number of pyridine rings is 1. The molecular formula is C13H18N4. The maximum absolute atomic E-state index is 4.33.